The van der Waals surface area contributed by atoms with E-state index < -0.39 is 0 Å². The minimum Gasteiger partial charge on any atom is -0.192 e. The zero-order valence-corrected chi connectivity index (χ0v) is 8.77. The summed E-state index contributed by atoms with van der Waals surface area (Å²) in [5, 5.41) is 8.67. The summed E-state index contributed by atoms with van der Waals surface area (Å²) in [5.41, 5.74) is 2.80. The highest BCUT2D eigenvalue weighted by Crippen LogP contribution is 2.16. The summed E-state index contributed by atoms with van der Waals surface area (Å²) in [5.74, 6) is 0. The lowest BCUT2D eigenvalue weighted by molar-refractivity contribution is 1.48. The molecule has 74 valence electrons. The molecule has 0 saturated carbocycles. The zero-order valence-electron chi connectivity index (χ0n) is 8.77. The number of allylic oxidation sites excluding steroid dienone is 5. The number of nitrogens with zero attached hydrogens (tertiary/aromatic N) is 1. The third-order valence-corrected chi connectivity index (χ3v) is 2.04. The molecule has 0 aromatic heterocycles. The fraction of sp³-hybridized carbons (Fsp3) is 0.0714. The first-order valence-electron chi connectivity index (χ1n) is 4.77. The zero-order chi connectivity index (χ0) is 11.1. The van der Waals surface area contributed by atoms with Gasteiger partial charge in [0.25, 0.3) is 0 Å². The first kappa shape index (κ1) is 11.0. The van der Waals surface area contributed by atoms with Gasteiger partial charge in [0.15, 0.2) is 0 Å². The van der Waals surface area contributed by atoms with Gasteiger partial charge in [0.1, 0.15) is 0 Å². The Hall–Kier alpha value is -2.07. The van der Waals surface area contributed by atoms with E-state index in [0.717, 1.165) is 11.1 Å². The van der Waals surface area contributed by atoms with Crippen LogP contribution in [0.2, 0.25) is 0 Å². The van der Waals surface area contributed by atoms with Crippen molar-refractivity contribution < 1.29 is 0 Å². The molecule has 15 heavy (non-hydrogen) atoms. The van der Waals surface area contributed by atoms with E-state index in [9.17, 15) is 0 Å². The molecule has 0 amide bonds. The second kappa shape index (κ2) is 5.62. The molecular formula is C14H13N. The number of nitriles is 1. The van der Waals surface area contributed by atoms with Gasteiger partial charge < -0.3 is 0 Å². The largest absolute Gasteiger partial charge is 0.192 e. The van der Waals surface area contributed by atoms with E-state index in [1.165, 1.54) is 0 Å². The van der Waals surface area contributed by atoms with Crippen LogP contribution in [-0.4, -0.2) is 0 Å². The molecular weight excluding hydrogens is 182 g/mol. The van der Waals surface area contributed by atoms with Gasteiger partial charge in [0, 0.05) is 0 Å². The van der Waals surface area contributed by atoms with Gasteiger partial charge >= 0.3 is 0 Å². The minimum absolute atomic E-state index is 0.674. The Kier molecular flexibility index (Phi) is 4.12. The van der Waals surface area contributed by atoms with Gasteiger partial charge in [-0.3, -0.25) is 0 Å². The third kappa shape index (κ3) is 2.96. The molecule has 0 atom stereocenters. The van der Waals surface area contributed by atoms with Crippen molar-refractivity contribution in [3.05, 3.63) is 66.3 Å². The molecule has 1 rings (SSSR count). The van der Waals surface area contributed by atoms with Crippen molar-refractivity contribution >= 4 is 5.57 Å². The number of benzene rings is 1. The number of hydrogen-bond donors (Lipinski definition) is 0. The second-order valence-electron chi connectivity index (χ2n) is 3.04. The molecule has 0 radical (unpaired) electrons. The van der Waals surface area contributed by atoms with Crippen LogP contribution in [0.15, 0.2) is 55.1 Å². The van der Waals surface area contributed by atoms with E-state index in [0.29, 0.717) is 5.56 Å². The van der Waals surface area contributed by atoms with Crippen LogP contribution in [0, 0.1) is 11.3 Å². The highest BCUT2D eigenvalue weighted by molar-refractivity contribution is 5.74. The van der Waals surface area contributed by atoms with Crippen molar-refractivity contribution in [2.75, 3.05) is 0 Å². The Morgan fingerprint density at radius 2 is 2.00 bits per heavy atom. The summed E-state index contributed by atoms with van der Waals surface area (Å²) in [7, 11) is 0. The average molecular weight is 195 g/mol. The van der Waals surface area contributed by atoms with Crippen molar-refractivity contribution in [2.24, 2.45) is 0 Å². The summed E-state index contributed by atoms with van der Waals surface area (Å²) < 4.78 is 0. The van der Waals surface area contributed by atoms with Gasteiger partial charge in [-0.2, -0.15) is 5.26 Å². The molecule has 0 N–H and O–H groups in total. The van der Waals surface area contributed by atoms with Crippen molar-refractivity contribution in [3.63, 3.8) is 0 Å². The maximum Gasteiger partial charge on any atom is 0.0991 e. The first-order valence-corrected chi connectivity index (χ1v) is 4.77. The Balaban J connectivity index is 3.04. The van der Waals surface area contributed by atoms with Crippen LogP contribution in [0.4, 0.5) is 0 Å². The summed E-state index contributed by atoms with van der Waals surface area (Å²) in [6, 6.07) is 9.56. The molecule has 0 aliphatic heterocycles. The maximum absolute atomic E-state index is 8.67. The Bertz CT molecular complexity index is 427. The van der Waals surface area contributed by atoms with Crippen LogP contribution in [0.1, 0.15) is 18.1 Å². The van der Waals surface area contributed by atoms with Gasteiger partial charge in [-0.25, -0.2) is 0 Å². The van der Waals surface area contributed by atoms with Crippen LogP contribution in [0.25, 0.3) is 5.57 Å². The van der Waals surface area contributed by atoms with Crippen LogP contribution in [-0.2, 0) is 0 Å². The van der Waals surface area contributed by atoms with Crippen molar-refractivity contribution in [3.8, 4) is 6.07 Å². The van der Waals surface area contributed by atoms with Crippen molar-refractivity contribution in [2.45, 2.75) is 6.92 Å². The summed E-state index contributed by atoms with van der Waals surface area (Å²) in [4.78, 5) is 0. The van der Waals surface area contributed by atoms with Crippen molar-refractivity contribution in [1.82, 2.24) is 0 Å². The van der Waals surface area contributed by atoms with Gasteiger partial charge in [0.05, 0.1) is 11.6 Å². The molecule has 0 fully saturated rings. The van der Waals surface area contributed by atoms with E-state index >= 15 is 0 Å². The van der Waals surface area contributed by atoms with E-state index in [2.05, 4.69) is 12.6 Å². The van der Waals surface area contributed by atoms with Crippen LogP contribution < -0.4 is 0 Å². The molecule has 1 heteroatoms. The summed E-state index contributed by atoms with van der Waals surface area (Å²) >= 11 is 0. The van der Waals surface area contributed by atoms with Crippen LogP contribution >= 0.6 is 0 Å². The lowest BCUT2D eigenvalue weighted by atomic mass is 10.0. The van der Waals surface area contributed by atoms with E-state index in [-0.39, 0.29) is 0 Å². The molecule has 0 heterocycles. The Labute approximate surface area is 90.7 Å². The van der Waals surface area contributed by atoms with Crippen LogP contribution in [0.3, 0.4) is 0 Å². The Morgan fingerprint density at radius 3 is 2.47 bits per heavy atom. The van der Waals surface area contributed by atoms with E-state index in [1.54, 1.807) is 6.08 Å². The lowest BCUT2D eigenvalue weighted by Gasteiger charge is -2.00. The lowest BCUT2D eigenvalue weighted by Crippen LogP contribution is -1.81. The minimum atomic E-state index is 0.674. The molecule has 0 bridgehead atoms. The quantitative estimate of drug-likeness (QED) is 0.674. The molecule has 0 saturated heterocycles. The maximum atomic E-state index is 8.67. The molecule has 0 spiro atoms. The SMILES string of the molecule is C=C/C(=C\C=C/C)c1ccc(C#N)cc1. The average Bonchev–Trinajstić information content (AvgIpc) is 2.31. The highest BCUT2D eigenvalue weighted by atomic mass is 14.2. The number of rotatable bonds is 3. The van der Waals surface area contributed by atoms with Crippen LogP contribution in [0.5, 0.6) is 0 Å². The highest BCUT2D eigenvalue weighted by Gasteiger charge is 1.96. The molecule has 0 aliphatic rings. The van der Waals surface area contributed by atoms with E-state index in [1.807, 2.05) is 49.4 Å². The van der Waals surface area contributed by atoms with Crippen molar-refractivity contribution in [1.29, 1.82) is 5.26 Å². The fourth-order valence-corrected chi connectivity index (χ4v) is 1.22. The molecule has 0 aliphatic carbocycles. The second-order valence-corrected chi connectivity index (χ2v) is 3.04. The first-order chi connectivity index (χ1) is 7.31. The predicted molar refractivity (Wildman–Crippen MR) is 64.1 cm³/mol. The number of hydrogen-bond acceptors (Lipinski definition) is 1. The Morgan fingerprint density at radius 1 is 1.33 bits per heavy atom. The van der Waals surface area contributed by atoms with Gasteiger partial charge in [-0.1, -0.05) is 43.0 Å². The van der Waals surface area contributed by atoms with Gasteiger partial charge in [-0.05, 0) is 30.2 Å². The third-order valence-electron chi connectivity index (χ3n) is 2.04. The smallest absolute Gasteiger partial charge is 0.0991 e. The monoisotopic (exact) mass is 195 g/mol. The standard InChI is InChI=1S/C14H13N/c1-3-5-6-13(4-2)14-9-7-12(11-15)8-10-14/h3-10H,2H2,1H3/b5-3-,13-6+. The van der Waals surface area contributed by atoms with E-state index in [4.69, 9.17) is 5.26 Å². The predicted octanol–water partition coefficient (Wildman–Crippen LogP) is 3.70. The summed E-state index contributed by atoms with van der Waals surface area (Å²) in [6.07, 6.45) is 7.73. The normalized spacial score (nSPS) is 11.3. The molecule has 1 aromatic rings. The van der Waals surface area contributed by atoms with Gasteiger partial charge in [-0.15, -0.1) is 0 Å². The fourth-order valence-electron chi connectivity index (χ4n) is 1.22. The molecule has 0 unspecified atom stereocenters. The van der Waals surface area contributed by atoms with Gasteiger partial charge in [0.2, 0.25) is 0 Å². The topological polar surface area (TPSA) is 23.8 Å². The summed E-state index contributed by atoms with van der Waals surface area (Å²) in [6.45, 7) is 5.73. The molecule has 1 nitrogen and oxygen atoms in total. The molecule has 1 aromatic carbocycles.